The molecule has 2 aromatic carbocycles. The Labute approximate surface area is 235 Å². The van der Waals surface area contributed by atoms with Crippen LogP contribution in [0.5, 0.6) is 0 Å². The van der Waals surface area contributed by atoms with Crippen LogP contribution in [0, 0.1) is 6.92 Å². The summed E-state index contributed by atoms with van der Waals surface area (Å²) in [6, 6.07) is 22.0. The maximum Gasteiger partial charge on any atom is 0.266 e. The van der Waals surface area contributed by atoms with Crippen molar-refractivity contribution < 1.29 is 13.6 Å². The number of carbonyl (C=O) groups is 1. The highest BCUT2D eigenvalue weighted by molar-refractivity contribution is 6.04. The molecule has 41 heavy (non-hydrogen) atoms. The number of anilines is 6. The predicted octanol–water partition coefficient (Wildman–Crippen LogP) is 6.92. The first-order valence-electron chi connectivity index (χ1n) is 13.2. The summed E-state index contributed by atoms with van der Waals surface area (Å²) in [5.41, 5.74) is 6.00. The van der Waals surface area contributed by atoms with E-state index in [0.717, 1.165) is 39.3 Å². The first-order valence-corrected chi connectivity index (χ1v) is 13.2. The van der Waals surface area contributed by atoms with E-state index in [4.69, 9.17) is 0 Å². The van der Waals surface area contributed by atoms with Crippen LogP contribution in [0.1, 0.15) is 22.5 Å². The number of amides is 1. The standard InChI is InChI=1S/C31H27F2N7O/c1-20-16-24(10-13-34-20)37-22-3-5-23(6-4-22)38-30(41)21-2-9-29(36-18-21)39-28-11-14-35-27-8-7-25(17-26(27)28)40-15-12-31(32,33)19-40/h2-11,13-14,16-18H,12,15,19H2,1H3,(H,34,37)(H,38,41)(H,35,36,39). The van der Waals surface area contributed by atoms with Crippen LogP contribution in [-0.2, 0) is 0 Å². The molecule has 4 heterocycles. The van der Waals surface area contributed by atoms with E-state index in [1.807, 2.05) is 61.5 Å². The summed E-state index contributed by atoms with van der Waals surface area (Å²) in [6.07, 6.45) is 4.77. The van der Waals surface area contributed by atoms with Gasteiger partial charge in [0.25, 0.3) is 11.8 Å². The van der Waals surface area contributed by atoms with E-state index in [9.17, 15) is 13.6 Å². The third-order valence-corrected chi connectivity index (χ3v) is 6.88. The zero-order valence-electron chi connectivity index (χ0n) is 22.2. The highest BCUT2D eigenvalue weighted by atomic mass is 19.3. The molecule has 0 radical (unpaired) electrons. The van der Waals surface area contributed by atoms with Gasteiger partial charge in [-0.15, -0.1) is 0 Å². The van der Waals surface area contributed by atoms with E-state index < -0.39 is 5.92 Å². The number of carbonyl (C=O) groups excluding carboxylic acids is 1. The van der Waals surface area contributed by atoms with Gasteiger partial charge in [0.2, 0.25) is 0 Å². The van der Waals surface area contributed by atoms with Crippen LogP contribution in [0.3, 0.4) is 0 Å². The summed E-state index contributed by atoms with van der Waals surface area (Å²) >= 11 is 0. The molecule has 0 saturated carbocycles. The Morgan fingerprint density at radius 2 is 1.66 bits per heavy atom. The molecule has 0 aliphatic carbocycles. The van der Waals surface area contributed by atoms with Crippen molar-refractivity contribution in [2.75, 3.05) is 33.9 Å². The van der Waals surface area contributed by atoms with Gasteiger partial charge in [0.1, 0.15) is 5.82 Å². The Balaban J connectivity index is 1.11. The second kappa shape index (κ2) is 10.8. The Hall–Kier alpha value is -5.12. The van der Waals surface area contributed by atoms with E-state index in [2.05, 4.69) is 30.9 Å². The third kappa shape index (κ3) is 6.06. The van der Waals surface area contributed by atoms with Crippen LogP contribution in [0.4, 0.5) is 43.0 Å². The molecular formula is C31H27F2N7O. The molecule has 8 nitrogen and oxygen atoms in total. The molecule has 1 fully saturated rings. The number of rotatable bonds is 7. The number of hydrogen-bond acceptors (Lipinski definition) is 7. The predicted molar refractivity (Wildman–Crippen MR) is 158 cm³/mol. The van der Waals surface area contributed by atoms with E-state index in [0.29, 0.717) is 23.6 Å². The van der Waals surface area contributed by atoms with Crippen molar-refractivity contribution in [1.82, 2.24) is 15.0 Å². The smallest absolute Gasteiger partial charge is 0.266 e. The van der Waals surface area contributed by atoms with Crippen molar-refractivity contribution in [3.8, 4) is 0 Å². The molecule has 1 aliphatic rings. The second-order valence-electron chi connectivity index (χ2n) is 9.99. The molecular weight excluding hydrogens is 524 g/mol. The highest BCUT2D eigenvalue weighted by Gasteiger charge is 2.38. The van der Waals surface area contributed by atoms with Crippen LogP contribution < -0.4 is 20.9 Å². The van der Waals surface area contributed by atoms with Crippen LogP contribution in [-0.4, -0.2) is 39.9 Å². The van der Waals surface area contributed by atoms with Gasteiger partial charge in [-0.2, -0.15) is 0 Å². The summed E-state index contributed by atoms with van der Waals surface area (Å²) in [6.45, 7) is 1.94. The first-order chi connectivity index (χ1) is 19.8. The molecule has 0 bridgehead atoms. The number of halogens is 2. The highest BCUT2D eigenvalue weighted by Crippen LogP contribution is 2.34. The number of pyridine rings is 3. The van der Waals surface area contributed by atoms with Crippen LogP contribution in [0.25, 0.3) is 10.9 Å². The maximum absolute atomic E-state index is 13.8. The summed E-state index contributed by atoms with van der Waals surface area (Å²) in [5, 5.41) is 10.3. The van der Waals surface area contributed by atoms with Crippen LogP contribution in [0.2, 0.25) is 0 Å². The molecule has 5 aromatic rings. The molecule has 206 valence electrons. The Bertz CT molecular complexity index is 1710. The monoisotopic (exact) mass is 551 g/mol. The van der Waals surface area contributed by atoms with Crippen molar-refractivity contribution in [1.29, 1.82) is 0 Å². The second-order valence-corrected chi connectivity index (χ2v) is 9.99. The minimum atomic E-state index is -2.68. The largest absolute Gasteiger partial charge is 0.365 e. The molecule has 10 heteroatoms. The van der Waals surface area contributed by atoms with E-state index >= 15 is 0 Å². The lowest BCUT2D eigenvalue weighted by molar-refractivity contribution is 0.0257. The van der Waals surface area contributed by atoms with Gasteiger partial charge in [-0.1, -0.05) is 0 Å². The van der Waals surface area contributed by atoms with Crippen LogP contribution in [0.15, 0.2) is 91.4 Å². The average molecular weight is 552 g/mol. The Morgan fingerprint density at radius 3 is 2.39 bits per heavy atom. The number of aromatic nitrogens is 3. The topological polar surface area (TPSA) is 95.1 Å². The van der Waals surface area contributed by atoms with Gasteiger partial charge in [-0.25, -0.2) is 13.8 Å². The lowest BCUT2D eigenvalue weighted by Gasteiger charge is -2.19. The fourth-order valence-electron chi connectivity index (χ4n) is 4.77. The SMILES string of the molecule is Cc1cc(Nc2ccc(NC(=O)c3ccc(Nc4ccnc5ccc(N6CCC(F)(F)C6)cc45)nc3)cc2)ccn1. The van der Waals surface area contributed by atoms with Gasteiger partial charge < -0.3 is 20.9 Å². The van der Waals surface area contributed by atoms with Gasteiger partial charge in [0, 0.05) is 65.4 Å². The molecule has 1 saturated heterocycles. The number of alkyl halides is 2. The van der Waals surface area contributed by atoms with Crippen molar-refractivity contribution in [3.63, 3.8) is 0 Å². The quantitative estimate of drug-likeness (QED) is 0.202. The first kappa shape index (κ1) is 26.1. The van der Waals surface area contributed by atoms with E-state index in [1.165, 1.54) is 6.20 Å². The summed E-state index contributed by atoms with van der Waals surface area (Å²) in [5.74, 6) is -2.42. The molecule has 6 rings (SSSR count). The number of nitrogens with zero attached hydrogens (tertiary/aromatic N) is 4. The number of benzene rings is 2. The number of fused-ring (bicyclic) bond motifs is 1. The molecule has 1 aliphatic heterocycles. The molecule has 0 atom stereocenters. The summed E-state index contributed by atoms with van der Waals surface area (Å²) in [7, 11) is 0. The van der Waals surface area contributed by atoms with Crippen molar-refractivity contribution >= 4 is 51.1 Å². The van der Waals surface area contributed by atoms with Gasteiger partial charge in [-0.3, -0.25) is 14.8 Å². The lowest BCUT2D eigenvalue weighted by atomic mass is 10.1. The lowest BCUT2D eigenvalue weighted by Crippen LogP contribution is -2.24. The fourth-order valence-corrected chi connectivity index (χ4v) is 4.77. The van der Waals surface area contributed by atoms with Crippen molar-refractivity contribution in [2.24, 2.45) is 0 Å². The number of hydrogen-bond donors (Lipinski definition) is 3. The number of nitrogens with one attached hydrogen (secondary N) is 3. The zero-order chi connectivity index (χ0) is 28.4. The normalized spacial score (nSPS) is 14.2. The van der Waals surface area contributed by atoms with Gasteiger partial charge in [0.05, 0.1) is 23.3 Å². The minimum Gasteiger partial charge on any atom is -0.365 e. The van der Waals surface area contributed by atoms with Gasteiger partial charge in [-0.05, 0) is 79.7 Å². The number of aryl methyl sites for hydroxylation is 1. The summed E-state index contributed by atoms with van der Waals surface area (Å²) < 4.78 is 27.5. The molecule has 3 N–H and O–H groups in total. The third-order valence-electron chi connectivity index (χ3n) is 6.88. The molecule has 1 amide bonds. The van der Waals surface area contributed by atoms with Gasteiger partial charge >= 0.3 is 0 Å². The Kier molecular flexibility index (Phi) is 6.88. The van der Waals surface area contributed by atoms with Gasteiger partial charge in [0.15, 0.2) is 0 Å². The molecule has 3 aromatic heterocycles. The van der Waals surface area contributed by atoms with Crippen molar-refractivity contribution in [3.05, 3.63) is 103 Å². The molecule has 0 unspecified atom stereocenters. The zero-order valence-corrected chi connectivity index (χ0v) is 22.2. The molecule has 0 spiro atoms. The average Bonchev–Trinajstić information content (AvgIpc) is 3.34. The van der Waals surface area contributed by atoms with E-state index in [1.54, 1.807) is 35.5 Å². The van der Waals surface area contributed by atoms with Crippen LogP contribution >= 0.6 is 0 Å². The summed E-state index contributed by atoms with van der Waals surface area (Å²) in [4.78, 5) is 27.5. The minimum absolute atomic E-state index is 0.151. The maximum atomic E-state index is 13.8. The van der Waals surface area contributed by atoms with Crippen molar-refractivity contribution in [2.45, 2.75) is 19.3 Å². The van der Waals surface area contributed by atoms with E-state index in [-0.39, 0.29) is 18.9 Å². The fraction of sp³-hybridized carbons (Fsp3) is 0.161. The Morgan fingerprint density at radius 1 is 0.854 bits per heavy atom.